The third-order valence-electron chi connectivity index (χ3n) is 6.32. The molecule has 0 bridgehead atoms. The number of amides is 1. The van der Waals surface area contributed by atoms with Crippen LogP contribution >= 0.6 is 0 Å². The zero-order valence-corrected chi connectivity index (χ0v) is 14.5. The van der Waals surface area contributed by atoms with Crippen LogP contribution in [0.1, 0.15) is 47.0 Å². The molecule has 2 saturated heterocycles. The zero-order valence-electron chi connectivity index (χ0n) is 14.5. The maximum absolute atomic E-state index is 12.9. The Kier molecular flexibility index (Phi) is 4.03. The van der Waals surface area contributed by atoms with Crippen LogP contribution in [-0.4, -0.2) is 52.4 Å². The molecule has 6 atom stereocenters. The van der Waals surface area contributed by atoms with Gasteiger partial charge in [-0.15, -0.1) is 5.06 Å². The van der Waals surface area contributed by atoms with Crippen molar-refractivity contribution < 1.29 is 14.7 Å². The van der Waals surface area contributed by atoms with Crippen molar-refractivity contribution in [2.75, 3.05) is 13.7 Å². The van der Waals surface area contributed by atoms with Crippen LogP contribution in [0.25, 0.3) is 0 Å². The molecule has 3 unspecified atom stereocenters. The quantitative estimate of drug-likeness (QED) is 0.846. The summed E-state index contributed by atoms with van der Waals surface area (Å²) in [6.07, 6.45) is 3.19. The standard InChI is InChI=1S/C17H30N2O3/c1-10(2)14-7-6-11(3)8-17(14)18(5)16(21)15-13(9-20)12(4)22-19(15)17/h10-15,20H,6-9H2,1-5H3/t11?,12-,13+,14?,15+,17?/m1/s1. The van der Waals surface area contributed by atoms with Crippen LogP contribution in [0.4, 0.5) is 0 Å². The van der Waals surface area contributed by atoms with Crippen molar-refractivity contribution >= 4 is 5.91 Å². The molecule has 3 aliphatic rings. The second-order valence-electron chi connectivity index (χ2n) is 7.94. The Labute approximate surface area is 133 Å². The smallest absolute Gasteiger partial charge is 0.244 e. The van der Waals surface area contributed by atoms with Crippen LogP contribution in [0.5, 0.6) is 0 Å². The molecule has 1 aliphatic carbocycles. The summed E-state index contributed by atoms with van der Waals surface area (Å²) < 4.78 is 0. The number of hydroxylamine groups is 2. The van der Waals surface area contributed by atoms with E-state index >= 15 is 0 Å². The monoisotopic (exact) mass is 310 g/mol. The first kappa shape index (κ1) is 16.2. The Balaban J connectivity index is 2.05. The fraction of sp³-hybridized carbons (Fsp3) is 0.941. The third kappa shape index (κ3) is 1.98. The van der Waals surface area contributed by atoms with Crippen molar-refractivity contribution in [3.63, 3.8) is 0 Å². The number of aliphatic hydroxyl groups excluding tert-OH is 1. The van der Waals surface area contributed by atoms with Crippen molar-refractivity contribution in [2.24, 2.45) is 23.7 Å². The average molecular weight is 310 g/mol. The largest absolute Gasteiger partial charge is 0.396 e. The number of aliphatic hydroxyl groups is 1. The summed E-state index contributed by atoms with van der Waals surface area (Å²) in [6.45, 7) is 8.73. The van der Waals surface area contributed by atoms with Gasteiger partial charge in [0.25, 0.3) is 0 Å². The Bertz CT molecular complexity index is 455. The van der Waals surface area contributed by atoms with Gasteiger partial charge in [-0.3, -0.25) is 9.63 Å². The maximum atomic E-state index is 12.9. The van der Waals surface area contributed by atoms with Gasteiger partial charge >= 0.3 is 0 Å². The fourth-order valence-electron chi connectivity index (χ4n) is 5.12. The van der Waals surface area contributed by atoms with Gasteiger partial charge in [-0.1, -0.05) is 27.2 Å². The summed E-state index contributed by atoms with van der Waals surface area (Å²) in [5.41, 5.74) is -0.342. The Hall–Kier alpha value is -0.650. The number of nitrogens with zero attached hydrogens (tertiary/aromatic N) is 2. The second kappa shape index (κ2) is 5.46. The highest BCUT2D eigenvalue weighted by Crippen LogP contribution is 2.53. The van der Waals surface area contributed by atoms with Gasteiger partial charge < -0.3 is 10.0 Å². The predicted molar refractivity (Wildman–Crippen MR) is 83.6 cm³/mol. The molecule has 0 radical (unpaired) electrons. The van der Waals surface area contributed by atoms with E-state index in [1.165, 1.54) is 6.42 Å². The highest BCUT2D eigenvalue weighted by molar-refractivity contribution is 5.85. The van der Waals surface area contributed by atoms with Crippen LogP contribution in [-0.2, 0) is 9.63 Å². The lowest BCUT2D eigenvalue weighted by Gasteiger charge is -2.52. The number of carbonyl (C=O) groups excluding carboxylic acids is 1. The van der Waals surface area contributed by atoms with Crippen LogP contribution in [0.3, 0.4) is 0 Å². The molecule has 2 aliphatic heterocycles. The van der Waals surface area contributed by atoms with Crippen molar-refractivity contribution in [3.05, 3.63) is 0 Å². The molecule has 3 fully saturated rings. The topological polar surface area (TPSA) is 53.0 Å². The molecule has 1 saturated carbocycles. The molecule has 5 nitrogen and oxygen atoms in total. The predicted octanol–water partition coefficient (Wildman–Crippen LogP) is 1.86. The minimum atomic E-state index is -0.342. The molecule has 0 aromatic rings. The lowest BCUT2D eigenvalue weighted by Crippen LogP contribution is -2.61. The SMILES string of the molecule is CC1CCC(C(C)C)C2(C1)N(C)C(=O)[C@@H]1[C@@H](CO)[C@@H](C)ON12. The van der Waals surface area contributed by atoms with E-state index in [2.05, 4.69) is 20.8 Å². The summed E-state index contributed by atoms with van der Waals surface area (Å²) >= 11 is 0. The number of hydrogen-bond donors (Lipinski definition) is 1. The van der Waals surface area contributed by atoms with Gasteiger partial charge in [0, 0.05) is 18.9 Å². The number of rotatable bonds is 2. The van der Waals surface area contributed by atoms with E-state index < -0.39 is 0 Å². The second-order valence-corrected chi connectivity index (χ2v) is 7.94. The Morgan fingerprint density at radius 2 is 2.05 bits per heavy atom. The zero-order chi connectivity index (χ0) is 16.2. The average Bonchev–Trinajstić information content (AvgIpc) is 2.89. The van der Waals surface area contributed by atoms with E-state index in [0.29, 0.717) is 17.8 Å². The molecule has 0 aromatic carbocycles. The van der Waals surface area contributed by atoms with E-state index in [0.717, 1.165) is 12.8 Å². The van der Waals surface area contributed by atoms with Crippen LogP contribution in [0.2, 0.25) is 0 Å². The number of fused-ring (bicyclic) bond motifs is 2. The summed E-state index contributed by atoms with van der Waals surface area (Å²) in [5, 5.41) is 11.7. The molecular formula is C17H30N2O3. The van der Waals surface area contributed by atoms with Crippen LogP contribution < -0.4 is 0 Å². The summed E-state index contributed by atoms with van der Waals surface area (Å²) in [4.78, 5) is 21.0. The molecule has 22 heavy (non-hydrogen) atoms. The van der Waals surface area contributed by atoms with Crippen molar-refractivity contribution in [3.8, 4) is 0 Å². The molecular weight excluding hydrogens is 280 g/mol. The highest BCUT2D eigenvalue weighted by Gasteiger charge is 2.66. The number of carbonyl (C=O) groups is 1. The van der Waals surface area contributed by atoms with Crippen molar-refractivity contribution in [1.82, 2.24) is 9.96 Å². The normalized spacial score (nSPS) is 46.0. The summed E-state index contributed by atoms with van der Waals surface area (Å²) in [5.74, 6) is 1.47. The van der Waals surface area contributed by atoms with E-state index in [9.17, 15) is 9.90 Å². The lowest BCUT2D eigenvalue weighted by molar-refractivity contribution is -0.261. The lowest BCUT2D eigenvalue weighted by atomic mass is 9.69. The summed E-state index contributed by atoms with van der Waals surface area (Å²) in [7, 11) is 1.93. The minimum Gasteiger partial charge on any atom is -0.396 e. The van der Waals surface area contributed by atoms with Gasteiger partial charge in [-0.2, -0.15) is 0 Å². The van der Waals surface area contributed by atoms with Gasteiger partial charge in [0.05, 0.1) is 12.7 Å². The first-order valence-electron chi connectivity index (χ1n) is 8.69. The minimum absolute atomic E-state index is 0.000107. The Morgan fingerprint density at radius 3 is 2.64 bits per heavy atom. The fourth-order valence-corrected chi connectivity index (χ4v) is 5.12. The van der Waals surface area contributed by atoms with Crippen molar-refractivity contribution in [2.45, 2.75) is 64.8 Å². The molecule has 1 amide bonds. The molecule has 0 aromatic heterocycles. The maximum Gasteiger partial charge on any atom is 0.244 e. The molecule has 3 rings (SSSR count). The number of hydrogen-bond acceptors (Lipinski definition) is 4. The molecule has 1 N–H and O–H groups in total. The van der Waals surface area contributed by atoms with Gasteiger partial charge in [0.1, 0.15) is 11.7 Å². The third-order valence-corrected chi connectivity index (χ3v) is 6.32. The van der Waals surface area contributed by atoms with E-state index in [-0.39, 0.29) is 36.2 Å². The van der Waals surface area contributed by atoms with Gasteiger partial charge in [0.2, 0.25) is 5.91 Å². The molecule has 2 heterocycles. The van der Waals surface area contributed by atoms with Crippen molar-refractivity contribution in [1.29, 1.82) is 0 Å². The van der Waals surface area contributed by atoms with Gasteiger partial charge in [0.15, 0.2) is 0 Å². The van der Waals surface area contributed by atoms with E-state index in [4.69, 9.17) is 4.84 Å². The van der Waals surface area contributed by atoms with Gasteiger partial charge in [-0.05, 0) is 31.6 Å². The number of likely N-dealkylation sites (N-methyl/N-ethyl adjacent to an activating group) is 1. The van der Waals surface area contributed by atoms with Crippen LogP contribution in [0, 0.1) is 23.7 Å². The van der Waals surface area contributed by atoms with Gasteiger partial charge in [-0.25, -0.2) is 0 Å². The molecule has 5 heteroatoms. The molecule has 126 valence electrons. The molecule has 1 spiro atoms. The Morgan fingerprint density at radius 1 is 1.36 bits per heavy atom. The van der Waals surface area contributed by atoms with E-state index in [1.54, 1.807) is 0 Å². The van der Waals surface area contributed by atoms with E-state index in [1.807, 2.05) is 23.9 Å². The summed E-state index contributed by atoms with van der Waals surface area (Å²) in [6, 6.07) is -0.323. The van der Waals surface area contributed by atoms with Crippen LogP contribution in [0.15, 0.2) is 0 Å². The first-order chi connectivity index (χ1) is 10.3. The highest BCUT2D eigenvalue weighted by atomic mass is 16.7. The first-order valence-corrected chi connectivity index (χ1v) is 8.69.